The molecule has 262 valence electrons. The first-order valence-electron chi connectivity index (χ1n) is 16.1. The standard InChI is InChI=1S/C32H40N8O9/c1-3-47-32(46)49-38-16-14-37(15-17-38)31(45)23(11-12-28(42)43)35-30(44)24-18-27(40(36-24)22-8-5-4-6-9-22)48-20-26(41)39-13-7-10-25(39)29-33-19-21(2)34-29/h4-6,8-9,18-19,23,25H,3,7,10-17,20H2,1-2H3,(H,33,34)(H,35,44)(H,42,43)/t23-,25-/m0/s1. The van der Waals surface area contributed by atoms with Gasteiger partial charge in [-0.2, -0.15) is 5.10 Å². The fourth-order valence-corrected chi connectivity index (χ4v) is 5.73. The summed E-state index contributed by atoms with van der Waals surface area (Å²) in [7, 11) is 0. The van der Waals surface area contributed by atoms with Gasteiger partial charge in [0.05, 0.1) is 37.1 Å². The molecule has 0 unspecified atom stereocenters. The highest BCUT2D eigenvalue weighted by Gasteiger charge is 2.33. The van der Waals surface area contributed by atoms with Gasteiger partial charge < -0.3 is 39.5 Å². The van der Waals surface area contributed by atoms with Gasteiger partial charge in [-0.05, 0) is 45.2 Å². The number of para-hydroxylation sites is 1. The topological polar surface area (TPSA) is 202 Å². The molecule has 1 aromatic carbocycles. The average Bonchev–Trinajstić information content (AvgIpc) is 3.86. The first kappa shape index (κ1) is 34.9. The number of aromatic nitrogens is 4. The van der Waals surface area contributed by atoms with Gasteiger partial charge in [0.25, 0.3) is 11.8 Å². The minimum Gasteiger partial charge on any atom is -0.481 e. The minimum absolute atomic E-state index is 0.0998. The molecule has 4 heterocycles. The highest BCUT2D eigenvalue weighted by Crippen LogP contribution is 2.30. The van der Waals surface area contributed by atoms with E-state index >= 15 is 0 Å². The van der Waals surface area contributed by atoms with Crippen molar-refractivity contribution in [3.05, 3.63) is 59.8 Å². The van der Waals surface area contributed by atoms with Crippen LogP contribution in [-0.2, 0) is 24.0 Å². The lowest BCUT2D eigenvalue weighted by Gasteiger charge is -2.35. The zero-order valence-corrected chi connectivity index (χ0v) is 27.4. The van der Waals surface area contributed by atoms with Crippen LogP contribution in [0.5, 0.6) is 5.88 Å². The van der Waals surface area contributed by atoms with Gasteiger partial charge in [-0.1, -0.05) is 18.2 Å². The van der Waals surface area contributed by atoms with Gasteiger partial charge in [0.15, 0.2) is 12.3 Å². The number of aliphatic carboxylic acids is 1. The van der Waals surface area contributed by atoms with E-state index in [-0.39, 0.29) is 75.8 Å². The Hall–Kier alpha value is -5.45. The number of carboxylic acids is 1. The summed E-state index contributed by atoms with van der Waals surface area (Å²) >= 11 is 0. The van der Waals surface area contributed by atoms with E-state index in [0.717, 1.165) is 24.4 Å². The number of aromatic amines is 1. The van der Waals surface area contributed by atoms with Crippen molar-refractivity contribution >= 4 is 29.8 Å². The minimum atomic E-state index is -1.17. The lowest BCUT2D eigenvalue weighted by Crippen LogP contribution is -2.55. The van der Waals surface area contributed by atoms with Gasteiger partial charge in [-0.25, -0.2) is 14.5 Å². The molecule has 17 heteroatoms. The molecule has 0 radical (unpaired) electrons. The van der Waals surface area contributed by atoms with E-state index in [1.54, 1.807) is 42.3 Å². The summed E-state index contributed by atoms with van der Waals surface area (Å²) in [6.07, 6.45) is 2.00. The first-order chi connectivity index (χ1) is 23.6. The number of carbonyl (C=O) groups excluding carboxylic acids is 4. The molecular weight excluding hydrogens is 640 g/mol. The van der Waals surface area contributed by atoms with Crippen LogP contribution >= 0.6 is 0 Å². The van der Waals surface area contributed by atoms with Crippen molar-refractivity contribution in [3.8, 4) is 11.6 Å². The zero-order chi connectivity index (χ0) is 34.9. The second-order valence-corrected chi connectivity index (χ2v) is 11.6. The van der Waals surface area contributed by atoms with Crippen molar-refractivity contribution in [3.63, 3.8) is 0 Å². The molecule has 2 aliphatic heterocycles. The molecule has 3 aromatic rings. The van der Waals surface area contributed by atoms with Gasteiger partial charge in [0, 0.05) is 38.3 Å². The second-order valence-electron chi connectivity index (χ2n) is 11.6. The maximum absolute atomic E-state index is 13.5. The molecule has 3 amide bonds. The summed E-state index contributed by atoms with van der Waals surface area (Å²) in [6.45, 7) is 4.65. The molecule has 3 N–H and O–H groups in total. The number of hydroxylamine groups is 2. The molecule has 2 atom stereocenters. The number of piperazine rings is 1. The van der Waals surface area contributed by atoms with Crippen molar-refractivity contribution in [2.75, 3.05) is 45.9 Å². The number of amides is 3. The Morgan fingerprint density at radius 1 is 1.08 bits per heavy atom. The quantitative estimate of drug-likeness (QED) is 0.222. The summed E-state index contributed by atoms with van der Waals surface area (Å²) < 4.78 is 12.1. The van der Waals surface area contributed by atoms with Crippen LogP contribution in [0.15, 0.2) is 42.6 Å². The number of aryl methyl sites for hydroxylation is 1. The van der Waals surface area contributed by atoms with Crippen LogP contribution in [0.3, 0.4) is 0 Å². The van der Waals surface area contributed by atoms with Crippen molar-refractivity contribution in [2.24, 2.45) is 0 Å². The Balaban J connectivity index is 1.28. The second kappa shape index (κ2) is 16.1. The number of nitrogens with one attached hydrogen (secondary N) is 2. The molecule has 0 spiro atoms. The molecule has 2 saturated heterocycles. The molecule has 2 aliphatic rings. The van der Waals surface area contributed by atoms with E-state index in [4.69, 9.17) is 14.3 Å². The van der Waals surface area contributed by atoms with Gasteiger partial charge in [-0.3, -0.25) is 19.2 Å². The van der Waals surface area contributed by atoms with Crippen LogP contribution in [0.25, 0.3) is 5.69 Å². The lowest BCUT2D eigenvalue weighted by atomic mass is 10.1. The number of H-pyrrole nitrogens is 1. The smallest absolute Gasteiger partial charge is 0.481 e. The molecule has 5 rings (SSSR count). The lowest BCUT2D eigenvalue weighted by molar-refractivity contribution is -0.157. The molecule has 17 nitrogen and oxygen atoms in total. The number of rotatable bonds is 13. The molecular formula is C32H40N8O9. The highest BCUT2D eigenvalue weighted by molar-refractivity contribution is 5.96. The van der Waals surface area contributed by atoms with E-state index in [9.17, 15) is 29.1 Å². The summed E-state index contributed by atoms with van der Waals surface area (Å²) in [6, 6.07) is 8.89. The first-order valence-corrected chi connectivity index (χ1v) is 16.1. The zero-order valence-electron chi connectivity index (χ0n) is 27.4. The van der Waals surface area contributed by atoms with E-state index in [1.807, 2.05) is 13.0 Å². The third-order valence-corrected chi connectivity index (χ3v) is 8.13. The molecule has 2 aromatic heterocycles. The third-order valence-electron chi connectivity index (χ3n) is 8.13. The Kier molecular flexibility index (Phi) is 11.5. The van der Waals surface area contributed by atoms with E-state index in [0.29, 0.717) is 12.2 Å². The van der Waals surface area contributed by atoms with Gasteiger partial charge >= 0.3 is 12.1 Å². The van der Waals surface area contributed by atoms with Crippen LogP contribution in [-0.4, -0.2) is 122 Å². The number of ether oxygens (including phenoxy) is 2. The van der Waals surface area contributed by atoms with Gasteiger partial charge in [-0.15, -0.1) is 5.06 Å². The molecule has 0 aliphatic carbocycles. The number of carboxylic acid groups (broad SMARTS) is 1. The van der Waals surface area contributed by atoms with Crippen LogP contribution in [0.2, 0.25) is 0 Å². The van der Waals surface area contributed by atoms with Crippen molar-refractivity contribution < 1.29 is 43.4 Å². The summed E-state index contributed by atoms with van der Waals surface area (Å²) in [5.41, 5.74) is 1.30. The van der Waals surface area contributed by atoms with Crippen LogP contribution in [0.4, 0.5) is 4.79 Å². The van der Waals surface area contributed by atoms with Gasteiger partial charge in [0.1, 0.15) is 11.9 Å². The van der Waals surface area contributed by atoms with E-state index in [1.165, 1.54) is 20.7 Å². The number of benzene rings is 1. The number of hydrogen-bond donors (Lipinski definition) is 3. The summed E-state index contributed by atoms with van der Waals surface area (Å²) in [4.78, 5) is 79.3. The van der Waals surface area contributed by atoms with Crippen LogP contribution < -0.4 is 10.1 Å². The fourth-order valence-electron chi connectivity index (χ4n) is 5.73. The Morgan fingerprint density at radius 3 is 2.51 bits per heavy atom. The van der Waals surface area contributed by atoms with Crippen molar-refractivity contribution in [1.82, 2.24) is 39.9 Å². The van der Waals surface area contributed by atoms with E-state index < -0.39 is 30.0 Å². The fraction of sp³-hybridized carbons (Fsp3) is 0.469. The van der Waals surface area contributed by atoms with E-state index in [2.05, 4.69) is 20.4 Å². The Labute approximate surface area is 282 Å². The monoisotopic (exact) mass is 680 g/mol. The predicted octanol–water partition coefficient (Wildman–Crippen LogP) is 1.84. The highest BCUT2D eigenvalue weighted by atomic mass is 16.8. The van der Waals surface area contributed by atoms with Crippen molar-refractivity contribution in [2.45, 2.75) is 51.6 Å². The average molecular weight is 681 g/mol. The number of likely N-dealkylation sites (tertiary alicyclic amines) is 1. The number of nitrogens with zero attached hydrogens (tertiary/aromatic N) is 6. The third kappa shape index (κ3) is 8.92. The SMILES string of the molecule is CCOC(=O)ON1CCN(C(=O)[C@H](CCC(=O)O)NC(=O)c2cc(OCC(=O)N3CCC[C@H]3c3nc(C)c[nH]3)n(-c3ccccc3)n2)CC1. The maximum Gasteiger partial charge on any atom is 0.527 e. The molecule has 0 bridgehead atoms. The number of imidazole rings is 1. The summed E-state index contributed by atoms with van der Waals surface area (Å²) in [5, 5.41) is 17.8. The number of hydrogen-bond acceptors (Lipinski definition) is 11. The summed E-state index contributed by atoms with van der Waals surface area (Å²) in [5.74, 6) is -1.75. The molecule has 0 saturated carbocycles. The van der Waals surface area contributed by atoms with Gasteiger partial charge in [0.2, 0.25) is 11.8 Å². The largest absolute Gasteiger partial charge is 0.527 e. The maximum atomic E-state index is 13.5. The Morgan fingerprint density at radius 2 is 1.84 bits per heavy atom. The normalized spacial score (nSPS) is 17.0. The van der Waals surface area contributed by atoms with Crippen LogP contribution in [0.1, 0.15) is 60.7 Å². The van der Waals surface area contributed by atoms with Crippen molar-refractivity contribution in [1.29, 1.82) is 0 Å². The predicted molar refractivity (Wildman–Crippen MR) is 170 cm³/mol. The molecule has 2 fully saturated rings. The number of carbonyl (C=O) groups is 5. The molecule has 49 heavy (non-hydrogen) atoms. The Bertz CT molecular complexity index is 1630. The van der Waals surface area contributed by atoms with Crippen LogP contribution in [0, 0.1) is 6.92 Å².